The van der Waals surface area contributed by atoms with E-state index in [1.165, 1.54) is 19.1 Å². The van der Waals surface area contributed by atoms with Gasteiger partial charge in [-0.15, -0.1) is 0 Å². The number of carbonyl (C=O) groups excluding carboxylic acids is 2. The number of ketones is 1. The lowest BCUT2D eigenvalue weighted by Gasteiger charge is -2.21. The molecule has 1 N–H and O–H groups in total. The summed E-state index contributed by atoms with van der Waals surface area (Å²) in [6.45, 7) is 1.81. The predicted molar refractivity (Wildman–Crippen MR) is 140 cm³/mol. The normalized spacial score (nSPS) is 14.2. The molecule has 2 heterocycles. The highest BCUT2D eigenvalue weighted by atomic mass is 16.4. The zero-order chi connectivity index (χ0) is 25.9. The zero-order valence-electron chi connectivity index (χ0n) is 20.0. The number of furan rings is 1. The number of carboxylic acid groups (broad SMARTS) is 1. The van der Waals surface area contributed by atoms with E-state index in [0.29, 0.717) is 22.7 Å². The van der Waals surface area contributed by atoms with Gasteiger partial charge in [0.1, 0.15) is 11.5 Å². The largest absolute Gasteiger partial charge is 0.478 e. The number of Topliss-reactive ketones (excluding diaryl/α,β-unsaturated/α-hetero) is 1. The lowest BCUT2D eigenvalue weighted by molar-refractivity contribution is -0.123. The third-order valence-corrected chi connectivity index (χ3v) is 6.16. The Labute approximate surface area is 213 Å². The van der Waals surface area contributed by atoms with Crippen molar-refractivity contribution >= 4 is 29.4 Å². The maximum atomic E-state index is 13.5. The van der Waals surface area contributed by atoms with Crippen molar-refractivity contribution in [3.8, 4) is 11.3 Å². The molecular weight excluding hydrogens is 466 g/mol. The molecule has 0 atom stereocenters. The fraction of sp³-hybridized carbons (Fsp3) is 0.0645. The van der Waals surface area contributed by atoms with Gasteiger partial charge in [0.25, 0.3) is 5.91 Å². The van der Waals surface area contributed by atoms with Crippen LogP contribution in [0.5, 0.6) is 0 Å². The summed E-state index contributed by atoms with van der Waals surface area (Å²) in [5.41, 5.74) is 4.50. The van der Waals surface area contributed by atoms with Crippen LogP contribution in [0.25, 0.3) is 23.1 Å². The highest BCUT2D eigenvalue weighted by molar-refractivity contribution is 6.10. The summed E-state index contributed by atoms with van der Waals surface area (Å²) in [7, 11) is 0. The predicted octanol–water partition coefficient (Wildman–Crippen LogP) is 6.31. The van der Waals surface area contributed by atoms with Crippen LogP contribution in [0.1, 0.15) is 44.5 Å². The first-order valence-electron chi connectivity index (χ1n) is 11.7. The van der Waals surface area contributed by atoms with Gasteiger partial charge in [-0.2, -0.15) is 0 Å². The monoisotopic (exact) mass is 489 g/mol. The van der Waals surface area contributed by atoms with E-state index in [4.69, 9.17) is 4.42 Å². The first kappa shape index (κ1) is 23.8. The molecule has 5 rings (SSSR count). The van der Waals surface area contributed by atoms with E-state index in [1.807, 2.05) is 54.6 Å². The molecule has 1 aliphatic rings. The summed E-state index contributed by atoms with van der Waals surface area (Å²) in [5, 5.41) is 9.17. The van der Waals surface area contributed by atoms with Crippen molar-refractivity contribution < 1.29 is 23.9 Å². The van der Waals surface area contributed by atoms with Crippen LogP contribution >= 0.6 is 0 Å². The second-order valence-electron chi connectivity index (χ2n) is 8.73. The molecule has 4 aromatic rings. The number of hydrogen-bond acceptors (Lipinski definition) is 4. The van der Waals surface area contributed by atoms with Crippen molar-refractivity contribution in [2.75, 3.05) is 0 Å². The molecule has 0 radical (unpaired) electrons. The fourth-order valence-electron chi connectivity index (χ4n) is 4.23. The van der Waals surface area contributed by atoms with Crippen molar-refractivity contribution in [3.63, 3.8) is 0 Å². The van der Waals surface area contributed by atoms with E-state index >= 15 is 0 Å². The van der Waals surface area contributed by atoms with Crippen molar-refractivity contribution in [2.24, 2.45) is 0 Å². The molecule has 0 aliphatic carbocycles. The molecule has 6 nitrogen and oxygen atoms in total. The number of nitrogens with zero attached hydrogens (tertiary/aromatic N) is 1. The third-order valence-electron chi connectivity index (χ3n) is 6.16. The van der Waals surface area contributed by atoms with Gasteiger partial charge in [-0.05, 0) is 60.5 Å². The topological polar surface area (TPSA) is 87.8 Å². The Morgan fingerprint density at radius 2 is 1.59 bits per heavy atom. The van der Waals surface area contributed by atoms with E-state index in [1.54, 1.807) is 41.3 Å². The van der Waals surface area contributed by atoms with Gasteiger partial charge in [-0.1, -0.05) is 60.7 Å². The molecular formula is C31H23NO5. The van der Waals surface area contributed by atoms with Crippen molar-refractivity contribution in [2.45, 2.75) is 13.5 Å². The van der Waals surface area contributed by atoms with Crippen molar-refractivity contribution in [1.82, 2.24) is 4.90 Å². The number of amides is 1. The molecule has 3 aromatic carbocycles. The Hall–Kier alpha value is -4.97. The first-order chi connectivity index (χ1) is 17.9. The van der Waals surface area contributed by atoms with Crippen LogP contribution in [-0.4, -0.2) is 27.7 Å². The van der Waals surface area contributed by atoms with Crippen LogP contribution in [0.2, 0.25) is 0 Å². The molecule has 1 aliphatic heterocycles. The van der Waals surface area contributed by atoms with Crippen LogP contribution in [-0.2, 0) is 11.3 Å². The summed E-state index contributed by atoms with van der Waals surface area (Å²) >= 11 is 0. The SMILES string of the molecule is CC(=O)c1cccc(-c2ccc(C=C3C=C(c4ccccc4)N(Cc4ccc(C(=O)O)cc4)C3=O)o2)c1. The summed E-state index contributed by atoms with van der Waals surface area (Å²) in [6.07, 6.45) is 3.54. The first-order valence-corrected chi connectivity index (χ1v) is 11.7. The molecule has 0 fully saturated rings. The van der Waals surface area contributed by atoms with Gasteiger partial charge in [-0.3, -0.25) is 9.59 Å². The lowest BCUT2D eigenvalue weighted by atomic mass is 10.1. The average Bonchev–Trinajstić information content (AvgIpc) is 3.50. The average molecular weight is 490 g/mol. The smallest absolute Gasteiger partial charge is 0.335 e. The molecule has 0 saturated carbocycles. The fourth-order valence-corrected chi connectivity index (χ4v) is 4.23. The Morgan fingerprint density at radius 1 is 0.865 bits per heavy atom. The van der Waals surface area contributed by atoms with Crippen molar-refractivity contribution in [3.05, 3.63) is 131 Å². The molecule has 0 bridgehead atoms. The lowest BCUT2D eigenvalue weighted by Crippen LogP contribution is -2.25. The van der Waals surface area contributed by atoms with Gasteiger partial charge in [-0.25, -0.2) is 4.79 Å². The van der Waals surface area contributed by atoms with Crippen LogP contribution in [0.3, 0.4) is 0 Å². The minimum atomic E-state index is -0.996. The van der Waals surface area contributed by atoms with Crippen LogP contribution in [0.4, 0.5) is 0 Å². The van der Waals surface area contributed by atoms with Crippen molar-refractivity contribution in [1.29, 1.82) is 0 Å². The van der Waals surface area contributed by atoms with E-state index in [0.717, 1.165) is 22.4 Å². The second-order valence-corrected chi connectivity index (χ2v) is 8.73. The van der Waals surface area contributed by atoms with Gasteiger partial charge in [0, 0.05) is 16.7 Å². The molecule has 6 heteroatoms. The minimum absolute atomic E-state index is 0.0245. The number of carbonyl (C=O) groups is 3. The highest BCUT2D eigenvalue weighted by Gasteiger charge is 2.29. The van der Waals surface area contributed by atoms with E-state index < -0.39 is 5.97 Å². The summed E-state index contributed by atoms with van der Waals surface area (Å²) in [6, 6.07) is 26.9. The van der Waals surface area contributed by atoms with Gasteiger partial charge in [0.05, 0.1) is 17.8 Å². The summed E-state index contributed by atoms with van der Waals surface area (Å²) < 4.78 is 6.00. The van der Waals surface area contributed by atoms with Gasteiger partial charge >= 0.3 is 5.97 Å². The molecule has 1 amide bonds. The van der Waals surface area contributed by atoms with E-state index in [-0.39, 0.29) is 23.8 Å². The van der Waals surface area contributed by atoms with Gasteiger partial charge in [0.15, 0.2) is 5.78 Å². The third kappa shape index (κ3) is 5.04. The summed E-state index contributed by atoms with van der Waals surface area (Å²) in [4.78, 5) is 38.1. The molecule has 0 unspecified atom stereocenters. The number of carboxylic acids is 1. The second kappa shape index (κ2) is 9.95. The molecule has 37 heavy (non-hydrogen) atoms. The standard InChI is InChI=1S/C31H23NO5/c1-20(33)24-8-5-9-25(16-24)29-15-14-27(37-29)17-26-18-28(22-6-3-2-4-7-22)32(30(26)34)19-21-10-12-23(13-11-21)31(35)36/h2-18H,19H2,1H3,(H,35,36). The van der Waals surface area contributed by atoms with Crippen LogP contribution < -0.4 is 0 Å². The Balaban J connectivity index is 1.46. The summed E-state index contributed by atoms with van der Waals surface area (Å²) in [5.74, 6) is -0.0862. The van der Waals surface area contributed by atoms with Gasteiger partial charge in [0.2, 0.25) is 0 Å². The maximum absolute atomic E-state index is 13.5. The Kier molecular flexibility index (Phi) is 6.39. The Morgan fingerprint density at radius 3 is 2.30 bits per heavy atom. The van der Waals surface area contributed by atoms with E-state index in [9.17, 15) is 19.5 Å². The molecule has 0 saturated heterocycles. The number of hydrogen-bond donors (Lipinski definition) is 1. The molecule has 1 aromatic heterocycles. The van der Waals surface area contributed by atoms with Crippen LogP contribution in [0, 0.1) is 0 Å². The quantitative estimate of drug-likeness (QED) is 0.243. The molecule has 0 spiro atoms. The number of aromatic carboxylic acids is 1. The minimum Gasteiger partial charge on any atom is -0.478 e. The van der Waals surface area contributed by atoms with Crippen LogP contribution in [0.15, 0.2) is 107 Å². The van der Waals surface area contributed by atoms with E-state index in [2.05, 4.69) is 0 Å². The maximum Gasteiger partial charge on any atom is 0.335 e. The highest BCUT2D eigenvalue weighted by Crippen LogP contribution is 2.33. The number of rotatable bonds is 7. The molecule has 182 valence electrons. The zero-order valence-corrected chi connectivity index (χ0v) is 20.0. The Bertz CT molecular complexity index is 1560. The van der Waals surface area contributed by atoms with Gasteiger partial charge < -0.3 is 14.4 Å². The number of benzene rings is 3.